The number of ether oxygens (including phenoxy) is 2. The molecule has 0 N–H and O–H groups in total. The second-order valence-corrected chi connectivity index (χ2v) is 7.27. The van der Waals surface area contributed by atoms with E-state index in [4.69, 9.17) is 13.9 Å². The Kier molecular flexibility index (Phi) is 6.30. The van der Waals surface area contributed by atoms with Crippen molar-refractivity contribution >= 4 is 17.5 Å². The Bertz CT molecular complexity index is 928. The highest BCUT2D eigenvalue weighted by Gasteiger charge is 2.22. The van der Waals surface area contributed by atoms with E-state index in [0.717, 1.165) is 0 Å². The molecule has 0 aliphatic carbocycles. The summed E-state index contributed by atoms with van der Waals surface area (Å²) >= 11 is 1.18. The van der Waals surface area contributed by atoms with Crippen molar-refractivity contribution in [1.82, 2.24) is 10.2 Å². The SMILES string of the molecule is COc1ccc(C(=O)[C@H](C)Sc2nnc([C@H](C)Oc3ccc(F)cc3)o2)cc1. The van der Waals surface area contributed by atoms with Gasteiger partial charge in [-0.2, -0.15) is 0 Å². The Hall–Kier alpha value is -2.87. The van der Waals surface area contributed by atoms with E-state index < -0.39 is 11.4 Å². The highest BCUT2D eigenvalue weighted by atomic mass is 32.2. The van der Waals surface area contributed by atoms with Gasteiger partial charge in [0.2, 0.25) is 0 Å². The van der Waals surface area contributed by atoms with Crippen LogP contribution in [-0.2, 0) is 0 Å². The Morgan fingerprint density at radius 1 is 1.04 bits per heavy atom. The maximum atomic E-state index is 13.0. The average Bonchev–Trinajstić information content (AvgIpc) is 3.18. The van der Waals surface area contributed by atoms with E-state index in [1.54, 1.807) is 45.2 Å². The quantitative estimate of drug-likeness (QED) is 0.399. The van der Waals surface area contributed by atoms with E-state index in [0.29, 0.717) is 17.1 Å². The fraction of sp³-hybridized carbons (Fsp3) is 0.250. The summed E-state index contributed by atoms with van der Waals surface area (Å²) < 4.78 is 29.3. The Morgan fingerprint density at radius 2 is 1.68 bits per heavy atom. The predicted octanol–water partition coefficient (Wildman–Crippen LogP) is 4.72. The Labute approximate surface area is 166 Å². The molecule has 0 amide bonds. The van der Waals surface area contributed by atoms with Gasteiger partial charge in [-0.15, -0.1) is 10.2 Å². The van der Waals surface area contributed by atoms with Gasteiger partial charge in [-0.3, -0.25) is 4.79 Å². The molecule has 0 unspecified atom stereocenters. The molecule has 0 spiro atoms. The molecule has 6 nitrogen and oxygen atoms in total. The first-order chi connectivity index (χ1) is 13.5. The van der Waals surface area contributed by atoms with Gasteiger partial charge in [0.1, 0.15) is 17.3 Å². The molecule has 8 heteroatoms. The lowest BCUT2D eigenvalue weighted by molar-refractivity contribution is 0.0993. The van der Waals surface area contributed by atoms with Crippen molar-refractivity contribution in [3.63, 3.8) is 0 Å². The predicted molar refractivity (Wildman–Crippen MR) is 102 cm³/mol. The molecule has 0 aliphatic heterocycles. The highest BCUT2D eigenvalue weighted by molar-refractivity contribution is 8.00. The largest absolute Gasteiger partial charge is 0.497 e. The van der Waals surface area contributed by atoms with Gasteiger partial charge in [0.25, 0.3) is 11.1 Å². The van der Waals surface area contributed by atoms with Crippen molar-refractivity contribution in [1.29, 1.82) is 0 Å². The van der Waals surface area contributed by atoms with Crippen LogP contribution in [0.15, 0.2) is 58.2 Å². The van der Waals surface area contributed by atoms with Crippen LogP contribution in [0.3, 0.4) is 0 Å². The second-order valence-electron chi connectivity index (χ2n) is 5.97. The maximum absolute atomic E-state index is 13.0. The molecule has 0 radical (unpaired) electrons. The van der Waals surface area contributed by atoms with Crippen molar-refractivity contribution in [2.75, 3.05) is 7.11 Å². The zero-order valence-electron chi connectivity index (χ0n) is 15.6. The van der Waals surface area contributed by atoms with Crippen LogP contribution in [0.5, 0.6) is 11.5 Å². The third-order valence-electron chi connectivity index (χ3n) is 3.92. The van der Waals surface area contributed by atoms with Gasteiger partial charge >= 0.3 is 0 Å². The number of aromatic nitrogens is 2. The molecule has 1 aromatic heterocycles. The van der Waals surface area contributed by atoms with E-state index in [-0.39, 0.29) is 22.7 Å². The summed E-state index contributed by atoms with van der Waals surface area (Å²) in [5.41, 5.74) is 0.577. The number of ketones is 1. The molecule has 1 heterocycles. The molecule has 0 bridgehead atoms. The monoisotopic (exact) mass is 402 g/mol. The van der Waals surface area contributed by atoms with Crippen LogP contribution in [0.4, 0.5) is 4.39 Å². The number of carbonyl (C=O) groups excluding carboxylic acids is 1. The lowest BCUT2D eigenvalue weighted by Crippen LogP contribution is -2.13. The van der Waals surface area contributed by atoms with Gasteiger partial charge in [0.15, 0.2) is 11.9 Å². The van der Waals surface area contributed by atoms with Crippen LogP contribution >= 0.6 is 11.8 Å². The fourth-order valence-corrected chi connectivity index (χ4v) is 3.16. The van der Waals surface area contributed by atoms with E-state index in [2.05, 4.69) is 10.2 Å². The number of hydrogen-bond acceptors (Lipinski definition) is 7. The smallest absolute Gasteiger partial charge is 0.277 e. The summed E-state index contributed by atoms with van der Waals surface area (Å²) in [6.45, 7) is 3.52. The zero-order valence-corrected chi connectivity index (χ0v) is 16.4. The minimum atomic E-state index is -0.514. The van der Waals surface area contributed by atoms with Crippen molar-refractivity contribution in [3.8, 4) is 11.5 Å². The summed E-state index contributed by atoms with van der Waals surface area (Å²) in [6, 6.07) is 12.6. The fourth-order valence-electron chi connectivity index (χ4n) is 2.39. The van der Waals surface area contributed by atoms with Gasteiger partial charge in [0, 0.05) is 5.56 Å². The number of thioether (sulfide) groups is 1. The summed E-state index contributed by atoms with van der Waals surface area (Å²) in [4.78, 5) is 12.6. The van der Waals surface area contributed by atoms with Gasteiger partial charge in [-0.25, -0.2) is 4.39 Å². The van der Waals surface area contributed by atoms with Crippen molar-refractivity contribution in [3.05, 3.63) is 65.8 Å². The number of methoxy groups -OCH3 is 1. The minimum absolute atomic E-state index is 0.0528. The second kappa shape index (κ2) is 8.88. The van der Waals surface area contributed by atoms with Crippen LogP contribution in [0.2, 0.25) is 0 Å². The number of rotatable bonds is 8. The van der Waals surface area contributed by atoms with Gasteiger partial charge < -0.3 is 13.9 Å². The number of benzene rings is 2. The van der Waals surface area contributed by atoms with Crippen LogP contribution in [0, 0.1) is 5.82 Å². The third kappa shape index (κ3) is 4.89. The first kappa shape index (κ1) is 19.9. The molecule has 0 saturated carbocycles. The number of carbonyl (C=O) groups is 1. The van der Waals surface area contributed by atoms with Crippen LogP contribution in [-0.4, -0.2) is 28.3 Å². The van der Waals surface area contributed by atoms with Gasteiger partial charge in [0.05, 0.1) is 12.4 Å². The van der Waals surface area contributed by atoms with Gasteiger partial charge in [-0.1, -0.05) is 11.8 Å². The average molecular weight is 402 g/mol. The molecule has 0 fully saturated rings. The molecule has 2 atom stereocenters. The summed E-state index contributed by atoms with van der Waals surface area (Å²) in [6.07, 6.45) is -0.514. The lowest BCUT2D eigenvalue weighted by Gasteiger charge is -2.10. The van der Waals surface area contributed by atoms with Crippen molar-refractivity contribution in [2.24, 2.45) is 0 Å². The van der Waals surface area contributed by atoms with Crippen LogP contribution < -0.4 is 9.47 Å². The number of Topliss-reactive ketones (excluding diaryl/α,β-unsaturated/α-hetero) is 1. The first-order valence-electron chi connectivity index (χ1n) is 8.57. The molecule has 146 valence electrons. The molecule has 2 aromatic carbocycles. The van der Waals surface area contributed by atoms with Crippen molar-refractivity contribution < 1.29 is 23.1 Å². The molecule has 3 rings (SSSR count). The molecular formula is C20H19FN2O4S. The normalized spacial score (nSPS) is 13.0. The van der Waals surface area contributed by atoms with Crippen LogP contribution in [0.1, 0.15) is 36.2 Å². The standard InChI is InChI=1S/C20H19FN2O4S/c1-12(26-17-10-6-15(21)7-11-17)19-22-23-20(27-19)28-13(2)18(24)14-4-8-16(25-3)9-5-14/h4-13H,1-3H3/t12-,13-/m0/s1. The highest BCUT2D eigenvalue weighted by Crippen LogP contribution is 2.28. The van der Waals surface area contributed by atoms with E-state index in [9.17, 15) is 9.18 Å². The summed E-state index contributed by atoms with van der Waals surface area (Å²) in [7, 11) is 1.57. The topological polar surface area (TPSA) is 74.5 Å². The molecule has 0 saturated heterocycles. The van der Waals surface area contributed by atoms with E-state index >= 15 is 0 Å². The van der Waals surface area contributed by atoms with Crippen LogP contribution in [0.25, 0.3) is 0 Å². The first-order valence-corrected chi connectivity index (χ1v) is 9.45. The number of halogens is 1. The minimum Gasteiger partial charge on any atom is -0.497 e. The van der Waals surface area contributed by atoms with E-state index in [1.807, 2.05) is 0 Å². The molecule has 28 heavy (non-hydrogen) atoms. The Balaban J connectivity index is 1.61. The molecule has 3 aromatic rings. The number of nitrogens with zero attached hydrogens (tertiary/aromatic N) is 2. The van der Waals surface area contributed by atoms with E-state index in [1.165, 1.54) is 36.0 Å². The molecule has 0 aliphatic rings. The van der Waals surface area contributed by atoms with Crippen molar-refractivity contribution in [2.45, 2.75) is 30.4 Å². The van der Waals surface area contributed by atoms with Gasteiger partial charge in [-0.05, 0) is 62.4 Å². The Morgan fingerprint density at radius 3 is 2.32 bits per heavy atom. The zero-order chi connectivity index (χ0) is 20.1. The lowest BCUT2D eigenvalue weighted by atomic mass is 10.1. The third-order valence-corrected chi connectivity index (χ3v) is 4.85. The summed E-state index contributed by atoms with van der Waals surface area (Å²) in [5.74, 6) is 1.06. The maximum Gasteiger partial charge on any atom is 0.277 e. The molecular weight excluding hydrogens is 383 g/mol. The summed E-state index contributed by atoms with van der Waals surface area (Å²) in [5, 5.41) is 7.81. The number of hydrogen-bond donors (Lipinski definition) is 0.